The van der Waals surface area contributed by atoms with Crippen LogP contribution in [-0.2, 0) is 16.1 Å². The highest BCUT2D eigenvalue weighted by atomic mass is 19.1. The normalized spacial score (nSPS) is 21.4. The van der Waals surface area contributed by atoms with Gasteiger partial charge < -0.3 is 20.7 Å². The number of carbonyl (C=O) groups excluding carboxylic acids is 2. The van der Waals surface area contributed by atoms with Crippen LogP contribution in [0.15, 0.2) is 54.6 Å². The largest absolute Gasteiger partial charge is 0.444 e. The van der Waals surface area contributed by atoms with Crippen LogP contribution in [0.25, 0.3) is 0 Å². The van der Waals surface area contributed by atoms with Crippen LogP contribution in [0.5, 0.6) is 0 Å². The molecular formula is C27H36FN3O3. The topological polar surface area (TPSA) is 79.5 Å². The van der Waals surface area contributed by atoms with Crippen molar-refractivity contribution in [2.24, 2.45) is 0 Å². The van der Waals surface area contributed by atoms with E-state index in [4.69, 9.17) is 4.74 Å². The van der Waals surface area contributed by atoms with Crippen LogP contribution in [0, 0.1) is 5.82 Å². The summed E-state index contributed by atoms with van der Waals surface area (Å²) in [5, 5.41) is 9.47. The quantitative estimate of drug-likeness (QED) is 0.533. The highest BCUT2D eigenvalue weighted by Crippen LogP contribution is 2.31. The lowest BCUT2D eigenvalue weighted by Gasteiger charge is -2.40. The molecule has 34 heavy (non-hydrogen) atoms. The first-order valence-corrected chi connectivity index (χ1v) is 11.9. The van der Waals surface area contributed by atoms with Gasteiger partial charge in [0.25, 0.3) is 0 Å². The van der Waals surface area contributed by atoms with Crippen molar-refractivity contribution in [3.8, 4) is 0 Å². The first-order valence-electron chi connectivity index (χ1n) is 11.9. The average Bonchev–Trinajstić information content (AvgIpc) is 2.78. The fourth-order valence-corrected chi connectivity index (χ4v) is 4.25. The van der Waals surface area contributed by atoms with Crippen LogP contribution in [0.3, 0.4) is 0 Å². The maximum Gasteiger partial charge on any atom is 0.408 e. The third-order valence-corrected chi connectivity index (χ3v) is 6.17. The van der Waals surface area contributed by atoms with Gasteiger partial charge in [0.2, 0.25) is 5.91 Å². The molecular weight excluding hydrogens is 433 g/mol. The molecule has 2 amide bonds. The van der Waals surface area contributed by atoms with E-state index in [2.05, 4.69) is 28.1 Å². The summed E-state index contributed by atoms with van der Waals surface area (Å²) in [6, 6.07) is 16.1. The fraction of sp³-hybridized carbons (Fsp3) is 0.481. The highest BCUT2D eigenvalue weighted by molar-refractivity contribution is 5.90. The minimum Gasteiger partial charge on any atom is -0.444 e. The van der Waals surface area contributed by atoms with Gasteiger partial charge in [0.05, 0.1) is 6.04 Å². The Hall–Kier alpha value is -2.93. The molecule has 1 fully saturated rings. The van der Waals surface area contributed by atoms with Gasteiger partial charge in [-0.1, -0.05) is 42.5 Å². The number of alkyl carbamates (subject to hydrolysis) is 1. The van der Waals surface area contributed by atoms with E-state index in [1.54, 1.807) is 32.9 Å². The van der Waals surface area contributed by atoms with Crippen molar-refractivity contribution in [1.29, 1.82) is 0 Å². The van der Waals surface area contributed by atoms with Crippen LogP contribution < -0.4 is 16.0 Å². The molecule has 0 aromatic heterocycles. The van der Waals surface area contributed by atoms with Gasteiger partial charge in [0.15, 0.2) is 0 Å². The SMILES string of the molecule is C[C@@H](NC(=O)C1(NC(=O)OC(C)(C)C)CCC(NCc2ccccc2)CC1)c1ccc(F)cc1. The molecule has 0 unspecified atom stereocenters. The van der Waals surface area contributed by atoms with E-state index in [-0.39, 0.29) is 23.8 Å². The number of amides is 2. The van der Waals surface area contributed by atoms with Gasteiger partial charge in [-0.15, -0.1) is 0 Å². The minimum absolute atomic E-state index is 0.246. The van der Waals surface area contributed by atoms with Crippen LogP contribution in [-0.4, -0.2) is 29.2 Å². The number of carbonyl (C=O) groups is 2. The number of rotatable bonds is 7. The Balaban J connectivity index is 1.68. The van der Waals surface area contributed by atoms with E-state index in [9.17, 15) is 14.0 Å². The molecule has 1 aliphatic rings. The lowest BCUT2D eigenvalue weighted by Crippen LogP contribution is -2.62. The van der Waals surface area contributed by atoms with Crippen molar-refractivity contribution < 1.29 is 18.7 Å². The molecule has 0 spiro atoms. The lowest BCUT2D eigenvalue weighted by atomic mass is 9.78. The average molecular weight is 470 g/mol. The summed E-state index contributed by atoms with van der Waals surface area (Å²) in [5.74, 6) is -0.580. The molecule has 6 nitrogen and oxygen atoms in total. The van der Waals surface area contributed by atoms with Crippen molar-refractivity contribution >= 4 is 12.0 Å². The molecule has 3 rings (SSSR count). The van der Waals surface area contributed by atoms with Gasteiger partial charge in [-0.25, -0.2) is 9.18 Å². The summed E-state index contributed by atoms with van der Waals surface area (Å²) >= 11 is 0. The summed E-state index contributed by atoms with van der Waals surface area (Å²) in [6.45, 7) is 7.98. The molecule has 1 aliphatic carbocycles. The maximum absolute atomic E-state index is 13.5. The van der Waals surface area contributed by atoms with Gasteiger partial charge in [-0.3, -0.25) is 4.79 Å². The molecule has 0 heterocycles. The Labute approximate surface area is 201 Å². The van der Waals surface area contributed by atoms with Crippen LogP contribution in [0.4, 0.5) is 9.18 Å². The molecule has 2 aromatic rings. The third-order valence-electron chi connectivity index (χ3n) is 6.17. The zero-order chi connectivity index (χ0) is 24.8. The number of ether oxygens (including phenoxy) is 1. The molecule has 0 saturated heterocycles. The van der Waals surface area contributed by atoms with Gasteiger partial charge in [0.1, 0.15) is 17.0 Å². The Morgan fingerprint density at radius 1 is 1.06 bits per heavy atom. The van der Waals surface area contributed by atoms with Gasteiger partial charge in [-0.05, 0) is 76.6 Å². The van der Waals surface area contributed by atoms with Crippen molar-refractivity contribution in [3.05, 3.63) is 71.5 Å². The van der Waals surface area contributed by atoms with E-state index < -0.39 is 17.2 Å². The molecule has 1 saturated carbocycles. The van der Waals surface area contributed by atoms with Crippen molar-refractivity contribution in [3.63, 3.8) is 0 Å². The molecule has 0 bridgehead atoms. The number of hydrogen-bond donors (Lipinski definition) is 3. The second-order valence-corrected chi connectivity index (χ2v) is 10.1. The smallest absolute Gasteiger partial charge is 0.408 e. The zero-order valence-corrected chi connectivity index (χ0v) is 20.5. The second kappa shape index (κ2) is 11.0. The summed E-state index contributed by atoms with van der Waals surface area (Å²) < 4.78 is 18.8. The first-order chi connectivity index (χ1) is 16.1. The molecule has 2 aromatic carbocycles. The summed E-state index contributed by atoms with van der Waals surface area (Å²) in [6.07, 6.45) is 1.84. The Kier molecular flexibility index (Phi) is 8.31. The van der Waals surface area contributed by atoms with E-state index in [0.717, 1.165) is 24.9 Å². The first kappa shape index (κ1) is 25.7. The van der Waals surface area contributed by atoms with E-state index in [1.165, 1.54) is 17.7 Å². The number of nitrogens with one attached hydrogen (secondary N) is 3. The molecule has 184 valence electrons. The Bertz CT molecular complexity index is 949. The third kappa shape index (κ3) is 7.29. The van der Waals surface area contributed by atoms with Crippen LogP contribution in [0.2, 0.25) is 0 Å². The molecule has 3 N–H and O–H groups in total. The van der Waals surface area contributed by atoms with Crippen molar-refractivity contribution in [2.45, 2.75) is 83.1 Å². The van der Waals surface area contributed by atoms with Crippen molar-refractivity contribution in [1.82, 2.24) is 16.0 Å². The standard InChI is InChI=1S/C27H36FN3O3/c1-19(21-10-12-22(28)13-11-21)30-24(32)27(31-25(33)34-26(2,3)4)16-14-23(15-17-27)29-18-20-8-6-5-7-9-20/h5-13,19,23,29H,14-18H2,1-4H3,(H,30,32)(H,31,33)/t19-,23?,27?/m1/s1. The monoisotopic (exact) mass is 469 g/mol. The summed E-state index contributed by atoms with van der Waals surface area (Å²) in [7, 11) is 0. The van der Waals surface area contributed by atoms with E-state index in [0.29, 0.717) is 12.8 Å². The second-order valence-electron chi connectivity index (χ2n) is 10.1. The Morgan fingerprint density at radius 3 is 2.26 bits per heavy atom. The number of halogens is 1. The predicted molar refractivity (Wildman–Crippen MR) is 131 cm³/mol. The zero-order valence-electron chi connectivity index (χ0n) is 20.5. The highest BCUT2D eigenvalue weighted by Gasteiger charge is 2.44. The molecule has 1 atom stereocenters. The summed E-state index contributed by atoms with van der Waals surface area (Å²) in [5.41, 5.74) is 0.261. The van der Waals surface area contributed by atoms with Gasteiger partial charge >= 0.3 is 6.09 Å². The Morgan fingerprint density at radius 2 is 1.68 bits per heavy atom. The molecule has 0 aliphatic heterocycles. The van der Waals surface area contributed by atoms with E-state index >= 15 is 0 Å². The minimum atomic E-state index is -1.07. The predicted octanol–water partition coefficient (Wildman–Crippen LogP) is 5.00. The lowest BCUT2D eigenvalue weighted by molar-refractivity contribution is -0.130. The van der Waals surface area contributed by atoms with Crippen molar-refractivity contribution in [2.75, 3.05) is 0 Å². The van der Waals surface area contributed by atoms with E-state index in [1.807, 2.05) is 25.1 Å². The summed E-state index contributed by atoms with van der Waals surface area (Å²) in [4.78, 5) is 26.1. The van der Waals surface area contributed by atoms with Crippen LogP contribution in [0.1, 0.15) is 70.5 Å². The maximum atomic E-state index is 13.5. The number of hydrogen-bond acceptors (Lipinski definition) is 4. The number of benzene rings is 2. The fourth-order valence-electron chi connectivity index (χ4n) is 4.25. The van der Waals surface area contributed by atoms with Gasteiger partial charge in [0, 0.05) is 12.6 Å². The molecule has 0 radical (unpaired) electrons. The molecule has 7 heteroatoms. The van der Waals surface area contributed by atoms with Gasteiger partial charge in [-0.2, -0.15) is 0 Å². The van der Waals surface area contributed by atoms with Crippen LogP contribution >= 0.6 is 0 Å².